The molecule has 4 rings (SSSR count). The van der Waals surface area contributed by atoms with Gasteiger partial charge in [-0.1, -0.05) is 30.3 Å². The minimum absolute atomic E-state index is 0.0882. The molecule has 2 fully saturated rings. The van der Waals surface area contributed by atoms with Crippen molar-refractivity contribution < 1.29 is 14.7 Å². The van der Waals surface area contributed by atoms with Crippen LogP contribution in [0.15, 0.2) is 48.8 Å². The molecular weight excluding hydrogens is 354 g/mol. The van der Waals surface area contributed by atoms with E-state index in [0.29, 0.717) is 11.5 Å². The SMILES string of the molecule is O=C(O)CN(CC1CC1)C1CC(NC(=O)c2cncc(-c3ccccc3)c2)C1. The third-order valence-electron chi connectivity index (χ3n) is 5.60. The fourth-order valence-corrected chi connectivity index (χ4v) is 3.77. The number of hydrogen-bond acceptors (Lipinski definition) is 4. The maximum atomic E-state index is 12.6. The molecule has 6 heteroatoms. The lowest BCUT2D eigenvalue weighted by Crippen LogP contribution is -2.55. The molecule has 0 bridgehead atoms. The molecule has 0 aliphatic heterocycles. The summed E-state index contributed by atoms with van der Waals surface area (Å²) in [6, 6.07) is 12.1. The molecule has 0 unspecified atom stereocenters. The predicted octanol–water partition coefficient (Wildman–Crippen LogP) is 2.81. The van der Waals surface area contributed by atoms with Gasteiger partial charge in [0.25, 0.3) is 5.91 Å². The Balaban J connectivity index is 1.33. The van der Waals surface area contributed by atoms with Crippen molar-refractivity contribution >= 4 is 11.9 Å². The monoisotopic (exact) mass is 379 g/mol. The Morgan fingerprint density at radius 2 is 1.86 bits per heavy atom. The average Bonchev–Trinajstić information content (AvgIpc) is 3.48. The lowest BCUT2D eigenvalue weighted by molar-refractivity contribution is -0.139. The van der Waals surface area contributed by atoms with Crippen molar-refractivity contribution in [3.8, 4) is 11.1 Å². The van der Waals surface area contributed by atoms with E-state index in [9.17, 15) is 9.59 Å². The first-order valence-corrected chi connectivity index (χ1v) is 9.85. The number of carbonyl (C=O) groups excluding carboxylic acids is 1. The van der Waals surface area contributed by atoms with Crippen LogP contribution in [-0.4, -0.2) is 52.0 Å². The Hall–Kier alpha value is -2.73. The second kappa shape index (κ2) is 8.10. The Labute approximate surface area is 164 Å². The number of carboxylic acid groups (broad SMARTS) is 1. The largest absolute Gasteiger partial charge is 0.480 e. The number of amides is 1. The lowest BCUT2D eigenvalue weighted by atomic mass is 9.85. The zero-order valence-electron chi connectivity index (χ0n) is 15.8. The number of aromatic nitrogens is 1. The molecule has 0 saturated heterocycles. The second-order valence-electron chi connectivity index (χ2n) is 7.89. The summed E-state index contributed by atoms with van der Waals surface area (Å²) < 4.78 is 0. The van der Waals surface area contributed by atoms with Crippen LogP contribution >= 0.6 is 0 Å². The summed E-state index contributed by atoms with van der Waals surface area (Å²) in [5.74, 6) is -0.252. The van der Waals surface area contributed by atoms with E-state index in [1.54, 1.807) is 12.4 Å². The summed E-state index contributed by atoms with van der Waals surface area (Å²) >= 11 is 0. The summed E-state index contributed by atoms with van der Waals surface area (Å²) in [5.41, 5.74) is 2.49. The van der Waals surface area contributed by atoms with Crippen LogP contribution in [0, 0.1) is 5.92 Å². The molecule has 28 heavy (non-hydrogen) atoms. The maximum Gasteiger partial charge on any atom is 0.317 e. The van der Waals surface area contributed by atoms with E-state index in [4.69, 9.17) is 5.11 Å². The van der Waals surface area contributed by atoms with Crippen molar-refractivity contribution in [1.29, 1.82) is 0 Å². The van der Waals surface area contributed by atoms with Gasteiger partial charge < -0.3 is 10.4 Å². The van der Waals surface area contributed by atoms with Gasteiger partial charge in [0.1, 0.15) is 0 Å². The molecule has 146 valence electrons. The molecule has 2 saturated carbocycles. The summed E-state index contributed by atoms with van der Waals surface area (Å²) in [4.78, 5) is 30.0. The predicted molar refractivity (Wildman–Crippen MR) is 106 cm³/mol. The van der Waals surface area contributed by atoms with Crippen molar-refractivity contribution in [3.63, 3.8) is 0 Å². The van der Waals surface area contributed by atoms with Gasteiger partial charge in [-0.3, -0.25) is 19.5 Å². The third kappa shape index (κ3) is 4.57. The molecule has 6 nitrogen and oxygen atoms in total. The molecule has 0 radical (unpaired) electrons. The van der Waals surface area contributed by atoms with Gasteiger partial charge in [0.05, 0.1) is 12.1 Å². The molecular formula is C22H25N3O3. The van der Waals surface area contributed by atoms with Gasteiger partial charge in [0.15, 0.2) is 0 Å². The molecule has 1 aromatic carbocycles. The van der Waals surface area contributed by atoms with Crippen LogP contribution in [0.3, 0.4) is 0 Å². The van der Waals surface area contributed by atoms with Crippen molar-refractivity contribution in [2.75, 3.05) is 13.1 Å². The molecule has 0 spiro atoms. The number of pyridine rings is 1. The number of nitrogens with one attached hydrogen (secondary N) is 1. The van der Waals surface area contributed by atoms with E-state index >= 15 is 0 Å². The molecule has 2 aliphatic rings. The Morgan fingerprint density at radius 3 is 2.54 bits per heavy atom. The fraction of sp³-hybridized carbons (Fsp3) is 0.409. The Kier molecular flexibility index (Phi) is 5.39. The highest BCUT2D eigenvalue weighted by Gasteiger charge is 2.37. The van der Waals surface area contributed by atoms with Crippen LogP contribution in [0.1, 0.15) is 36.0 Å². The summed E-state index contributed by atoms with van der Waals surface area (Å²) in [5, 5.41) is 12.2. The fourth-order valence-electron chi connectivity index (χ4n) is 3.77. The van der Waals surface area contributed by atoms with E-state index in [0.717, 1.165) is 30.5 Å². The number of carboxylic acids is 1. The molecule has 2 aliphatic carbocycles. The van der Waals surface area contributed by atoms with Crippen LogP contribution in [0.5, 0.6) is 0 Å². The topological polar surface area (TPSA) is 82.5 Å². The minimum Gasteiger partial charge on any atom is -0.480 e. The van der Waals surface area contributed by atoms with Gasteiger partial charge in [-0.2, -0.15) is 0 Å². The first-order valence-electron chi connectivity index (χ1n) is 9.85. The second-order valence-corrected chi connectivity index (χ2v) is 7.89. The zero-order chi connectivity index (χ0) is 19.5. The van der Waals surface area contributed by atoms with Gasteiger partial charge in [-0.25, -0.2) is 0 Å². The van der Waals surface area contributed by atoms with Crippen LogP contribution in [0.4, 0.5) is 0 Å². The van der Waals surface area contributed by atoms with Crippen LogP contribution in [0.25, 0.3) is 11.1 Å². The van der Waals surface area contributed by atoms with Crippen LogP contribution in [0.2, 0.25) is 0 Å². The zero-order valence-corrected chi connectivity index (χ0v) is 15.8. The molecule has 0 atom stereocenters. The summed E-state index contributed by atoms with van der Waals surface area (Å²) in [6.07, 6.45) is 7.35. The van der Waals surface area contributed by atoms with Gasteiger partial charge >= 0.3 is 5.97 Å². The number of hydrogen-bond donors (Lipinski definition) is 2. The number of aliphatic carboxylic acids is 1. The maximum absolute atomic E-state index is 12.6. The number of rotatable bonds is 8. The smallest absolute Gasteiger partial charge is 0.317 e. The highest BCUT2D eigenvalue weighted by atomic mass is 16.4. The lowest BCUT2D eigenvalue weighted by Gasteiger charge is -2.42. The van der Waals surface area contributed by atoms with Gasteiger partial charge in [-0.15, -0.1) is 0 Å². The van der Waals surface area contributed by atoms with Crippen molar-refractivity contribution in [2.24, 2.45) is 5.92 Å². The third-order valence-corrected chi connectivity index (χ3v) is 5.60. The Morgan fingerprint density at radius 1 is 1.11 bits per heavy atom. The first kappa shape index (κ1) is 18.6. The Bertz CT molecular complexity index is 845. The number of benzene rings is 1. The highest BCUT2D eigenvalue weighted by Crippen LogP contribution is 2.33. The van der Waals surface area contributed by atoms with E-state index in [2.05, 4.69) is 15.2 Å². The van der Waals surface area contributed by atoms with E-state index in [1.165, 1.54) is 12.8 Å². The summed E-state index contributed by atoms with van der Waals surface area (Å²) in [7, 11) is 0. The minimum atomic E-state index is -0.781. The standard InChI is InChI=1S/C22H25N3O3/c26-21(27)14-25(13-15-6-7-15)20-9-19(10-20)24-22(28)18-8-17(11-23-12-18)16-4-2-1-3-5-16/h1-5,8,11-12,15,19-20H,6-7,9-10,13-14H2,(H,24,28)(H,26,27). The van der Waals surface area contributed by atoms with Crippen LogP contribution in [-0.2, 0) is 4.79 Å². The van der Waals surface area contributed by atoms with Gasteiger partial charge in [0.2, 0.25) is 0 Å². The van der Waals surface area contributed by atoms with Crippen molar-refractivity contribution in [1.82, 2.24) is 15.2 Å². The van der Waals surface area contributed by atoms with Gasteiger partial charge in [-0.05, 0) is 43.2 Å². The molecule has 1 aromatic heterocycles. The number of carbonyl (C=O) groups is 2. The van der Waals surface area contributed by atoms with E-state index < -0.39 is 5.97 Å². The van der Waals surface area contributed by atoms with Crippen molar-refractivity contribution in [3.05, 3.63) is 54.4 Å². The highest BCUT2D eigenvalue weighted by molar-refractivity contribution is 5.95. The van der Waals surface area contributed by atoms with Gasteiger partial charge in [0, 0.05) is 36.6 Å². The average molecular weight is 379 g/mol. The van der Waals surface area contributed by atoms with E-state index in [-0.39, 0.29) is 24.5 Å². The number of nitrogens with zero attached hydrogens (tertiary/aromatic N) is 2. The molecule has 2 aromatic rings. The quantitative estimate of drug-likeness (QED) is 0.737. The molecule has 1 amide bonds. The van der Waals surface area contributed by atoms with Crippen LogP contribution < -0.4 is 5.32 Å². The van der Waals surface area contributed by atoms with Crippen molar-refractivity contribution in [2.45, 2.75) is 37.8 Å². The summed E-state index contributed by atoms with van der Waals surface area (Å²) in [6.45, 7) is 0.950. The normalized spacial score (nSPS) is 21.2. The molecule has 2 N–H and O–H groups in total. The first-order chi connectivity index (χ1) is 13.6. The molecule has 1 heterocycles. The van der Waals surface area contributed by atoms with E-state index in [1.807, 2.05) is 36.4 Å².